The van der Waals surface area contributed by atoms with Crippen LogP contribution in [0.1, 0.15) is 17.3 Å². The molecule has 0 spiro atoms. The Kier molecular flexibility index (Phi) is 4.36. The zero-order valence-electron chi connectivity index (χ0n) is 10.7. The van der Waals surface area contributed by atoms with Crippen LogP contribution in [0.15, 0.2) is 23.1 Å². The highest BCUT2D eigenvalue weighted by Crippen LogP contribution is 2.26. The second kappa shape index (κ2) is 5.71. The van der Waals surface area contributed by atoms with Crippen LogP contribution in [0.25, 0.3) is 0 Å². The summed E-state index contributed by atoms with van der Waals surface area (Å²) in [5.41, 5.74) is -0.246. The number of sulfonamides is 1. The molecule has 0 aromatic heterocycles. The van der Waals surface area contributed by atoms with Crippen LogP contribution in [0.5, 0.6) is 0 Å². The lowest BCUT2D eigenvalue weighted by Crippen LogP contribution is -2.44. The first-order valence-electron chi connectivity index (χ1n) is 5.96. The molecular weight excluding hydrogens is 305 g/mol. The Balaban J connectivity index is 2.48. The Bertz CT molecular complexity index is 632. The van der Waals surface area contributed by atoms with Crippen molar-refractivity contribution < 1.29 is 22.7 Å². The van der Waals surface area contributed by atoms with Crippen molar-refractivity contribution >= 4 is 27.8 Å². The van der Waals surface area contributed by atoms with Gasteiger partial charge in [0.1, 0.15) is 10.7 Å². The number of rotatable bonds is 3. The zero-order chi connectivity index (χ0) is 14.9. The van der Waals surface area contributed by atoms with Gasteiger partial charge in [-0.15, -0.1) is 0 Å². The van der Waals surface area contributed by atoms with E-state index in [4.69, 9.17) is 5.11 Å². The lowest BCUT2D eigenvalue weighted by molar-refractivity contribution is 0.0696. The van der Waals surface area contributed by atoms with E-state index in [1.807, 2.05) is 0 Å². The molecule has 1 aromatic carbocycles. The molecule has 1 aliphatic rings. The summed E-state index contributed by atoms with van der Waals surface area (Å²) in [5, 5.41) is 8.89. The van der Waals surface area contributed by atoms with Crippen LogP contribution in [0.2, 0.25) is 0 Å². The number of hydrogen-bond acceptors (Lipinski definition) is 4. The first kappa shape index (κ1) is 15.3. The highest BCUT2D eigenvalue weighted by Gasteiger charge is 2.33. The van der Waals surface area contributed by atoms with Crippen molar-refractivity contribution in [3.63, 3.8) is 0 Å². The first-order chi connectivity index (χ1) is 9.34. The van der Waals surface area contributed by atoms with Crippen molar-refractivity contribution in [2.75, 3.05) is 18.1 Å². The van der Waals surface area contributed by atoms with Crippen molar-refractivity contribution in [1.82, 2.24) is 4.31 Å². The predicted octanol–water partition coefficient (Wildman–Crippen LogP) is 1.65. The Labute approximate surface area is 120 Å². The molecule has 0 amide bonds. The van der Waals surface area contributed by atoms with Gasteiger partial charge in [0.05, 0.1) is 5.56 Å². The Morgan fingerprint density at radius 1 is 1.50 bits per heavy atom. The maximum absolute atomic E-state index is 13.8. The number of carbonyl (C=O) groups is 1. The molecule has 1 aromatic rings. The van der Waals surface area contributed by atoms with Gasteiger partial charge >= 0.3 is 5.97 Å². The molecule has 1 aliphatic heterocycles. The Morgan fingerprint density at radius 3 is 2.80 bits per heavy atom. The van der Waals surface area contributed by atoms with Crippen molar-refractivity contribution in [3.8, 4) is 0 Å². The fourth-order valence-corrected chi connectivity index (χ4v) is 4.98. The van der Waals surface area contributed by atoms with Gasteiger partial charge in [-0.05, 0) is 25.1 Å². The summed E-state index contributed by atoms with van der Waals surface area (Å²) >= 11 is 1.64. The second-order valence-corrected chi connectivity index (χ2v) is 7.50. The van der Waals surface area contributed by atoms with Gasteiger partial charge < -0.3 is 5.11 Å². The van der Waals surface area contributed by atoms with E-state index in [0.717, 1.165) is 18.2 Å². The van der Waals surface area contributed by atoms with E-state index in [1.54, 1.807) is 18.7 Å². The van der Waals surface area contributed by atoms with Crippen LogP contribution in [-0.2, 0) is 10.0 Å². The average Bonchev–Trinajstić information content (AvgIpc) is 2.39. The number of carboxylic acids is 1. The SMILES string of the molecule is CC1CSCCN1S(=O)(=O)c1cc(C(=O)O)ccc1F. The van der Waals surface area contributed by atoms with Gasteiger partial charge in [0.25, 0.3) is 0 Å². The molecule has 1 heterocycles. The molecule has 0 bridgehead atoms. The molecular formula is C12H14FNO4S2. The van der Waals surface area contributed by atoms with Gasteiger partial charge in [-0.25, -0.2) is 17.6 Å². The van der Waals surface area contributed by atoms with E-state index in [9.17, 15) is 17.6 Å². The highest BCUT2D eigenvalue weighted by atomic mass is 32.2. The topological polar surface area (TPSA) is 74.7 Å². The summed E-state index contributed by atoms with van der Waals surface area (Å²) in [7, 11) is -4.02. The summed E-state index contributed by atoms with van der Waals surface area (Å²) < 4.78 is 40.0. The average molecular weight is 319 g/mol. The normalized spacial score (nSPS) is 20.8. The van der Waals surface area contributed by atoms with Crippen LogP contribution >= 0.6 is 11.8 Å². The minimum Gasteiger partial charge on any atom is -0.478 e. The molecule has 1 saturated heterocycles. The smallest absolute Gasteiger partial charge is 0.335 e. The van der Waals surface area contributed by atoms with Crippen molar-refractivity contribution in [1.29, 1.82) is 0 Å². The van der Waals surface area contributed by atoms with E-state index in [0.29, 0.717) is 18.1 Å². The fourth-order valence-electron chi connectivity index (χ4n) is 2.03. The third kappa shape index (κ3) is 2.82. The lowest BCUT2D eigenvalue weighted by atomic mass is 10.2. The fraction of sp³-hybridized carbons (Fsp3) is 0.417. The van der Waals surface area contributed by atoms with Crippen LogP contribution in [0.3, 0.4) is 0 Å². The first-order valence-corrected chi connectivity index (χ1v) is 8.56. The van der Waals surface area contributed by atoms with Gasteiger partial charge in [-0.1, -0.05) is 0 Å². The monoisotopic (exact) mass is 319 g/mol. The molecule has 20 heavy (non-hydrogen) atoms. The van der Waals surface area contributed by atoms with E-state index in [2.05, 4.69) is 0 Å². The van der Waals surface area contributed by atoms with Gasteiger partial charge in [0.2, 0.25) is 10.0 Å². The Hall–Kier alpha value is -1.12. The molecule has 0 radical (unpaired) electrons. The van der Waals surface area contributed by atoms with E-state index in [-0.39, 0.29) is 11.6 Å². The quantitative estimate of drug-likeness (QED) is 0.917. The molecule has 8 heteroatoms. The largest absolute Gasteiger partial charge is 0.478 e. The number of hydrogen-bond donors (Lipinski definition) is 1. The van der Waals surface area contributed by atoms with Gasteiger partial charge in [-0.3, -0.25) is 0 Å². The maximum atomic E-state index is 13.8. The van der Waals surface area contributed by atoms with Gasteiger partial charge in [-0.2, -0.15) is 16.1 Å². The van der Waals surface area contributed by atoms with Crippen LogP contribution in [0.4, 0.5) is 4.39 Å². The second-order valence-electron chi connectivity index (χ2n) is 4.49. The molecule has 110 valence electrons. The van der Waals surface area contributed by atoms with Gasteiger partial charge in [0.15, 0.2) is 0 Å². The number of nitrogens with zero attached hydrogens (tertiary/aromatic N) is 1. The maximum Gasteiger partial charge on any atom is 0.335 e. The van der Waals surface area contributed by atoms with Gasteiger partial charge in [0, 0.05) is 24.1 Å². The number of benzene rings is 1. The van der Waals surface area contributed by atoms with Crippen LogP contribution < -0.4 is 0 Å². The van der Waals surface area contributed by atoms with E-state index in [1.165, 1.54) is 4.31 Å². The number of halogens is 1. The summed E-state index contributed by atoms with van der Waals surface area (Å²) in [4.78, 5) is 10.3. The predicted molar refractivity (Wildman–Crippen MR) is 74.0 cm³/mol. The molecule has 5 nitrogen and oxygen atoms in total. The minimum atomic E-state index is -4.02. The van der Waals surface area contributed by atoms with E-state index >= 15 is 0 Å². The number of carboxylic acid groups (broad SMARTS) is 1. The third-order valence-electron chi connectivity index (χ3n) is 3.07. The molecule has 0 saturated carbocycles. The molecule has 0 aliphatic carbocycles. The molecule has 2 rings (SSSR count). The van der Waals surface area contributed by atoms with Crippen molar-refractivity contribution in [3.05, 3.63) is 29.6 Å². The zero-order valence-corrected chi connectivity index (χ0v) is 12.4. The van der Waals surface area contributed by atoms with Crippen molar-refractivity contribution in [2.45, 2.75) is 17.9 Å². The molecule has 1 unspecified atom stereocenters. The third-order valence-corrected chi connectivity index (χ3v) is 6.29. The Morgan fingerprint density at radius 2 is 2.20 bits per heavy atom. The highest BCUT2D eigenvalue weighted by molar-refractivity contribution is 7.99. The summed E-state index contributed by atoms with van der Waals surface area (Å²) in [5.74, 6) is -0.937. The molecule has 1 N–H and O–H groups in total. The minimum absolute atomic E-state index is 0.244. The van der Waals surface area contributed by atoms with Crippen LogP contribution in [0, 0.1) is 5.82 Å². The standard InChI is InChI=1S/C12H14FNO4S2/c1-8-7-19-5-4-14(8)20(17,18)11-6-9(12(15)16)2-3-10(11)13/h2-3,6,8H,4-5,7H2,1H3,(H,15,16). The number of thioether (sulfide) groups is 1. The number of aromatic carboxylic acids is 1. The summed E-state index contributed by atoms with van der Waals surface area (Å²) in [6.45, 7) is 2.05. The molecule has 1 atom stereocenters. The summed E-state index contributed by atoms with van der Waals surface area (Å²) in [6, 6.07) is 2.56. The van der Waals surface area contributed by atoms with E-state index < -0.39 is 26.7 Å². The molecule has 1 fully saturated rings. The lowest BCUT2D eigenvalue weighted by Gasteiger charge is -2.32. The van der Waals surface area contributed by atoms with Crippen LogP contribution in [-0.4, -0.2) is 47.9 Å². The van der Waals surface area contributed by atoms with Crippen molar-refractivity contribution in [2.24, 2.45) is 0 Å². The summed E-state index contributed by atoms with van der Waals surface area (Å²) in [6.07, 6.45) is 0.